The van der Waals surface area contributed by atoms with E-state index in [9.17, 15) is 0 Å². The minimum Gasteiger partial charge on any atom is -0.396 e. The molecule has 11 heavy (non-hydrogen) atoms. The number of methoxy groups -OCH3 is 1. The topological polar surface area (TPSA) is 29.5 Å². The highest BCUT2D eigenvalue weighted by Gasteiger charge is 2.19. The van der Waals surface area contributed by atoms with Crippen molar-refractivity contribution in [1.29, 1.82) is 0 Å². The first-order valence-corrected chi connectivity index (χ1v) is 4.46. The van der Waals surface area contributed by atoms with Crippen molar-refractivity contribution in [2.75, 3.05) is 20.3 Å². The zero-order valence-corrected chi connectivity index (χ0v) is 7.25. The molecule has 2 heteroatoms. The molecule has 0 radical (unpaired) electrons. The Morgan fingerprint density at radius 2 is 1.73 bits per heavy atom. The molecule has 1 N–H and O–H groups in total. The van der Waals surface area contributed by atoms with Crippen molar-refractivity contribution in [2.45, 2.75) is 25.7 Å². The molecule has 0 aliphatic heterocycles. The van der Waals surface area contributed by atoms with Crippen molar-refractivity contribution < 1.29 is 9.84 Å². The van der Waals surface area contributed by atoms with Gasteiger partial charge in [0.1, 0.15) is 0 Å². The first-order chi connectivity index (χ1) is 5.36. The Morgan fingerprint density at radius 1 is 1.18 bits per heavy atom. The molecule has 0 bridgehead atoms. The van der Waals surface area contributed by atoms with Crippen LogP contribution in [0.4, 0.5) is 0 Å². The van der Waals surface area contributed by atoms with E-state index in [-0.39, 0.29) is 0 Å². The Morgan fingerprint density at radius 3 is 2.18 bits per heavy atom. The average Bonchev–Trinajstić information content (AvgIpc) is 2.07. The summed E-state index contributed by atoms with van der Waals surface area (Å²) in [6, 6.07) is 0. The summed E-state index contributed by atoms with van der Waals surface area (Å²) in [7, 11) is 1.76. The molecule has 1 aliphatic carbocycles. The van der Waals surface area contributed by atoms with Crippen LogP contribution >= 0.6 is 0 Å². The van der Waals surface area contributed by atoms with E-state index in [1.54, 1.807) is 7.11 Å². The minimum atomic E-state index is 0.375. The zero-order chi connectivity index (χ0) is 8.10. The molecule has 0 amide bonds. The van der Waals surface area contributed by atoms with E-state index in [1.807, 2.05) is 0 Å². The molecule has 0 spiro atoms. The van der Waals surface area contributed by atoms with Crippen LogP contribution in [0.2, 0.25) is 0 Å². The number of aliphatic hydroxyl groups excluding tert-OH is 1. The van der Waals surface area contributed by atoms with Gasteiger partial charge < -0.3 is 9.84 Å². The lowest BCUT2D eigenvalue weighted by Crippen LogP contribution is -2.19. The van der Waals surface area contributed by atoms with E-state index >= 15 is 0 Å². The minimum absolute atomic E-state index is 0.375. The number of hydrogen-bond acceptors (Lipinski definition) is 2. The monoisotopic (exact) mass is 158 g/mol. The molecule has 2 nitrogen and oxygen atoms in total. The summed E-state index contributed by atoms with van der Waals surface area (Å²) in [5.41, 5.74) is 0. The first-order valence-electron chi connectivity index (χ1n) is 4.46. The Labute approximate surface area is 68.6 Å². The summed E-state index contributed by atoms with van der Waals surface area (Å²) < 4.78 is 5.09. The second-order valence-corrected chi connectivity index (χ2v) is 3.52. The van der Waals surface area contributed by atoms with Crippen molar-refractivity contribution in [1.82, 2.24) is 0 Å². The van der Waals surface area contributed by atoms with Crippen LogP contribution in [0, 0.1) is 11.8 Å². The SMILES string of the molecule is COC[C@H]1CC[C@H](CO)CC1. The van der Waals surface area contributed by atoms with E-state index in [0.29, 0.717) is 12.5 Å². The van der Waals surface area contributed by atoms with Crippen LogP contribution < -0.4 is 0 Å². The van der Waals surface area contributed by atoms with Crippen LogP contribution in [0.15, 0.2) is 0 Å². The summed E-state index contributed by atoms with van der Waals surface area (Å²) in [5.74, 6) is 1.32. The van der Waals surface area contributed by atoms with Gasteiger partial charge in [-0.1, -0.05) is 0 Å². The number of rotatable bonds is 3. The molecule has 0 heterocycles. The summed E-state index contributed by atoms with van der Waals surface area (Å²) in [6.45, 7) is 1.28. The predicted octanol–water partition coefficient (Wildman–Crippen LogP) is 1.43. The Balaban J connectivity index is 2.14. The zero-order valence-electron chi connectivity index (χ0n) is 7.25. The maximum atomic E-state index is 8.88. The van der Waals surface area contributed by atoms with Gasteiger partial charge in [-0.05, 0) is 37.5 Å². The molecule has 1 fully saturated rings. The third kappa shape index (κ3) is 2.80. The number of hydrogen-bond donors (Lipinski definition) is 1. The molecular formula is C9H18O2. The highest BCUT2D eigenvalue weighted by atomic mass is 16.5. The second kappa shape index (κ2) is 4.73. The van der Waals surface area contributed by atoms with Crippen molar-refractivity contribution in [2.24, 2.45) is 11.8 Å². The van der Waals surface area contributed by atoms with Crippen LogP contribution in [-0.4, -0.2) is 25.4 Å². The standard InChI is InChI=1S/C9H18O2/c1-11-7-9-4-2-8(6-10)3-5-9/h8-10H,2-7H2,1H3/t8-,9-. The molecule has 1 aliphatic rings. The molecule has 0 aromatic rings. The van der Waals surface area contributed by atoms with Gasteiger partial charge in [-0.15, -0.1) is 0 Å². The predicted molar refractivity (Wildman–Crippen MR) is 44.4 cm³/mol. The van der Waals surface area contributed by atoms with Gasteiger partial charge in [-0.25, -0.2) is 0 Å². The molecule has 0 saturated heterocycles. The van der Waals surface area contributed by atoms with Gasteiger partial charge in [0.05, 0.1) is 0 Å². The quantitative estimate of drug-likeness (QED) is 0.673. The fourth-order valence-electron chi connectivity index (χ4n) is 1.82. The van der Waals surface area contributed by atoms with E-state index in [4.69, 9.17) is 9.84 Å². The summed E-state index contributed by atoms with van der Waals surface area (Å²) in [4.78, 5) is 0. The molecule has 0 aromatic heterocycles. The molecule has 0 atom stereocenters. The maximum Gasteiger partial charge on any atom is 0.0490 e. The van der Waals surface area contributed by atoms with Crippen molar-refractivity contribution in [3.63, 3.8) is 0 Å². The lowest BCUT2D eigenvalue weighted by atomic mass is 9.83. The van der Waals surface area contributed by atoms with E-state index < -0.39 is 0 Å². The molecule has 66 valence electrons. The normalized spacial score (nSPS) is 32.2. The van der Waals surface area contributed by atoms with E-state index in [1.165, 1.54) is 25.7 Å². The van der Waals surface area contributed by atoms with Crippen LogP contribution in [0.5, 0.6) is 0 Å². The lowest BCUT2D eigenvalue weighted by Gasteiger charge is -2.26. The maximum absolute atomic E-state index is 8.88. The van der Waals surface area contributed by atoms with Gasteiger partial charge in [0, 0.05) is 20.3 Å². The number of aliphatic hydroxyl groups is 1. The van der Waals surface area contributed by atoms with E-state index in [0.717, 1.165) is 12.5 Å². The summed E-state index contributed by atoms with van der Waals surface area (Å²) in [6.07, 6.45) is 4.84. The molecule has 1 rings (SSSR count). The third-order valence-corrected chi connectivity index (χ3v) is 2.63. The van der Waals surface area contributed by atoms with Crippen LogP contribution in [0.1, 0.15) is 25.7 Å². The van der Waals surface area contributed by atoms with Gasteiger partial charge in [0.2, 0.25) is 0 Å². The van der Waals surface area contributed by atoms with Crippen molar-refractivity contribution in [3.8, 4) is 0 Å². The van der Waals surface area contributed by atoms with Crippen molar-refractivity contribution >= 4 is 0 Å². The largest absolute Gasteiger partial charge is 0.396 e. The third-order valence-electron chi connectivity index (χ3n) is 2.63. The van der Waals surface area contributed by atoms with Gasteiger partial charge >= 0.3 is 0 Å². The van der Waals surface area contributed by atoms with Gasteiger partial charge in [0.15, 0.2) is 0 Å². The Bertz CT molecular complexity index is 95.7. The molecule has 1 saturated carbocycles. The summed E-state index contributed by atoms with van der Waals surface area (Å²) in [5, 5.41) is 8.88. The van der Waals surface area contributed by atoms with Gasteiger partial charge in [0.25, 0.3) is 0 Å². The number of ether oxygens (including phenoxy) is 1. The van der Waals surface area contributed by atoms with Crippen LogP contribution in [0.25, 0.3) is 0 Å². The van der Waals surface area contributed by atoms with Gasteiger partial charge in [-0.3, -0.25) is 0 Å². The van der Waals surface area contributed by atoms with Crippen LogP contribution in [0.3, 0.4) is 0 Å². The first kappa shape index (κ1) is 9.01. The van der Waals surface area contributed by atoms with Crippen LogP contribution in [-0.2, 0) is 4.74 Å². The Kier molecular flexibility index (Phi) is 3.87. The Hall–Kier alpha value is -0.0800. The van der Waals surface area contributed by atoms with E-state index in [2.05, 4.69) is 0 Å². The molecule has 0 aromatic carbocycles. The fourth-order valence-corrected chi connectivity index (χ4v) is 1.82. The smallest absolute Gasteiger partial charge is 0.0490 e. The average molecular weight is 158 g/mol. The lowest BCUT2D eigenvalue weighted by molar-refractivity contribution is 0.102. The highest BCUT2D eigenvalue weighted by Crippen LogP contribution is 2.28. The summed E-state index contributed by atoms with van der Waals surface area (Å²) >= 11 is 0. The van der Waals surface area contributed by atoms with Crippen molar-refractivity contribution in [3.05, 3.63) is 0 Å². The molecular weight excluding hydrogens is 140 g/mol. The molecule has 0 unspecified atom stereocenters. The van der Waals surface area contributed by atoms with Gasteiger partial charge in [-0.2, -0.15) is 0 Å². The fraction of sp³-hybridized carbons (Fsp3) is 1.00. The highest BCUT2D eigenvalue weighted by molar-refractivity contribution is 4.71. The second-order valence-electron chi connectivity index (χ2n) is 3.52.